The van der Waals surface area contributed by atoms with Crippen molar-refractivity contribution in [2.75, 3.05) is 34.5 Å². The topological polar surface area (TPSA) is 207 Å². The molecule has 9 rings (SSSR count). The average molecular weight is 915 g/mol. The first-order valence-corrected chi connectivity index (χ1v) is 23.0. The Bertz CT molecular complexity index is 2720. The number of aromatic amines is 2. The van der Waals surface area contributed by atoms with E-state index < -0.39 is 18.2 Å². The Labute approximate surface area is 390 Å². The summed E-state index contributed by atoms with van der Waals surface area (Å²) in [7, 11) is 4.23. The molecule has 16 nitrogen and oxygen atoms in total. The molecule has 354 valence electrons. The quantitative estimate of drug-likeness (QED) is 0.103. The van der Waals surface area contributed by atoms with Crippen LogP contribution in [-0.4, -0.2) is 100 Å². The van der Waals surface area contributed by atoms with Crippen LogP contribution < -0.4 is 15.8 Å². The Balaban J connectivity index is 0.000000894. The van der Waals surface area contributed by atoms with Crippen LogP contribution in [0.4, 0.5) is 9.59 Å². The SMILES string of the molecule is CC.COC(N)=O.COCC1CC(c2ncc(-c3ccc4c(c3)COc3cc5c(ccc6[nH]c([C@@H]7CC[C@H](C)N7C(=O)C(NC(=O)OC)C(C)C)nc65)cc3-4)[nH]2)N(C(=O)Cc2ccccc2)C1. The molecule has 0 spiro atoms. The molecule has 3 aliphatic heterocycles. The number of hydrogen-bond acceptors (Lipinski definition) is 10. The van der Waals surface area contributed by atoms with E-state index in [-0.39, 0.29) is 41.8 Å². The van der Waals surface area contributed by atoms with E-state index >= 15 is 0 Å². The number of H-pyrrole nitrogens is 2. The summed E-state index contributed by atoms with van der Waals surface area (Å²) < 4.78 is 20.7. The van der Waals surface area contributed by atoms with Crippen molar-refractivity contribution < 1.29 is 38.1 Å². The van der Waals surface area contributed by atoms with Gasteiger partial charge < -0.3 is 49.8 Å². The summed E-state index contributed by atoms with van der Waals surface area (Å²) in [5.41, 5.74) is 12.2. The highest BCUT2D eigenvalue weighted by atomic mass is 16.5. The summed E-state index contributed by atoms with van der Waals surface area (Å²) in [4.78, 5) is 70.0. The van der Waals surface area contributed by atoms with Crippen LogP contribution >= 0.6 is 0 Å². The fraction of sp³-hybridized carbons (Fsp3) is 0.412. The van der Waals surface area contributed by atoms with Crippen molar-refractivity contribution in [3.63, 3.8) is 0 Å². The van der Waals surface area contributed by atoms with Crippen LogP contribution in [-0.2, 0) is 36.8 Å². The van der Waals surface area contributed by atoms with E-state index in [1.165, 1.54) is 14.2 Å². The van der Waals surface area contributed by atoms with Gasteiger partial charge in [0.25, 0.3) is 0 Å². The third-order valence-corrected chi connectivity index (χ3v) is 12.7. The van der Waals surface area contributed by atoms with Crippen LogP contribution in [0.5, 0.6) is 5.75 Å². The number of likely N-dealkylation sites (tertiary alicyclic amines) is 2. The molecule has 5 N–H and O–H groups in total. The Morgan fingerprint density at radius 1 is 0.910 bits per heavy atom. The van der Waals surface area contributed by atoms with Gasteiger partial charge in [-0.2, -0.15) is 0 Å². The van der Waals surface area contributed by atoms with E-state index in [9.17, 15) is 19.2 Å². The highest BCUT2D eigenvalue weighted by Crippen LogP contribution is 2.44. The molecule has 6 aromatic rings. The van der Waals surface area contributed by atoms with Crippen molar-refractivity contribution in [2.24, 2.45) is 17.6 Å². The summed E-state index contributed by atoms with van der Waals surface area (Å²) in [5, 5.41) is 4.74. The molecule has 3 unspecified atom stereocenters. The van der Waals surface area contributed by atoms with Crippen molar-refractivity contribution in [3.8, 4) is 28.1 Å². The number of nitrogens with two attached hydrogens (primary N) is 1. The standard InChI is InChI=1S/C47H51N7O6.C2H5NO2.C2H6/c1-26(2)42(52-47(57)59-5)46(56)54-27(3)11-16-38(54)45-49-36-15-13-30-20-35-33-14-12-31(19-32(33)25-60-40(35)21-34(30)43(36)51-45)37-22-48-44(50-37)39-17-29(24-58-4)23-53(39)41(55)18-28-9-7-6-8-10-28;1-5-2(3)4;1-2/h6-10,12-15,19-22,26-27,29,38-39,42H,11,16-18,23-25H2,1-5H3,(H,48,50)(H,49,51)(H,52,57);1H3,(H2,3,4);1-2H3/t27-,29?,38-,39?,42?;;/m0../s1. The molecule has 2 fully saturated rings. The molecule has 0 aliphatic carbocycles. The number of carbonyl (C=O) groups excluding carboxylic acids is 4. The zero-order chi connectivity index (χ0) is 47.9. The molecule has 16 heteroatoms. The predicted octanol–water partition coefficient (Wildman–Crippen LogP) is 8.61. The van der Waals surface area contributed by atoms with Gasteiger partial charge in [-0.15, -0.1) is 0 Å². The van der Waals surface area contributed by atoms with Gasteiger partial charge in [0.05, 0.1) is 62.3 Å². The van der Waals surface area contributed by atoms with E-state index in [1.54, 1.807) is 7.11 Å². The number of carbonyl (C=O) groups is 4. The zero-order valence-electron chi connectivity index (χ0n) is 39.6. The smallest absolute Gasteiger partial charge is 0.407 e. The lowest BCUT2D eigenvalue weighted by Gasteiger charge is -2.32. The first-order valence-electron chi connectivity index (χ1n) is 23.0. The van der Waals surface area contributed by atoms with Crippen LogP contribution in [0.25, 0.3) is 44.2 Å². The third-order valence-electron chi connectivity index (χ3n) is 12.7. The second kappa shape index (κ2) is 21.1. The lowest BCUT2D eigenvalue weighted by atomic mass is 9.92. The number of hydrogen-bond donors (Lipinski definition) is 4. The molecule has 4 amide bonds. The van der Waals surface area contributed by atoms with Crippen LogP contribution in [0.2, 0.25) is 0 Å². The van der Waals surface area contributed by atoms with Gasteiger partial charge in [-0.1, -0.05) is 76.2 Å². The number of primary amides is 1. The van der Waals surface area contributed by atoms with Crippen molar-refractivity contribution in [2.45, 2.75) is 91.1 Å². The minimum Gasteiger partial charge on any atom is -0.488 e. The number of benzene rings is 4. The van der Waals surface area contributed by atoms with Crippen LogP contribution in [0.15, 0.2) is 79.0 Å². The second-order valence-electron chi connectivity index (χ2n) is 17.3. The molecule has 3 aliphatic rings. The van der Waals surface area contributed by atoms with E-state index in [1.807, 2.05) is 87.0 Å². The number of nitrogens with zero attached hydrogens (tertiary/aromatic N) is 4. The molecule has 5 atom stereocenters. The van der Waals surface area contributed by atoms with E-state index in [4.69, 9.17) is 24.2 Å². The Morgan fingerprint density at radius 3 is 2.37 bits per heavy atom. The average Bonchev–Trinajstić information content (AvgIpc) is 4.17. The Hall–Kier alpha value is -6.94. The summed E-state index contributed by atoms with van der Waals surface area (Å²) in [6.45, 7) is 11.5. The largest absolute Gasteiger partial charge is 0.488 e. The van der Waals surface area contributed by atoms with Crippen LogP contribution in [0.1, 0.15) is 88.7 Å². The fourth-order valence-corrected chi connectivity index (χ4v) is 9.45. The van der Waals surface area contributed by atoms with Crippen molar-refractivity contribution in [1.82, 2.24) is 35.1 Å². The summed E-state index contributed by atoms with van der Waals surface area (Å²) >= 11 is 0. The maximum atomic E-state index is 14.0. The molecule has 5 heterocycles. The number of alkyl carbamates (subject to hydrolysis) is 1. The normalized spacial score (nSPS) is 18.8. The van der Waals surface area contributed by atoms with Crippen molar-refractivity contribution in [3.05, 3.63) is 102 Å². The molecular weight excluding hydrogens is 853 g/mol. The minimum atomic E-state index is -0.745. The third kappa shape index (κ3) is 10.2. The molecule has 2 aromatic heterocycles. The second-order valence-corrected chi connectivity index (χ2v) is 17.3. The van der Waals surface area contributed by atoms with E-state index in [0.717, 1.165) is 92.0 Å². The van der Waals surface area contributed by atoms with Crippen LogP contribution in [0, 0.1) is 11.8 Å². The molecule has 0 bridgehead atoms. The van der Waals surface area contributed by atoms with E-state index in [0.29, 0.717) is 26.2 Å². The maximum absolute atomic E-state index is 14.0. The first-order chi connectivity index (χ1) is 32.4. The number of amides is 4. The Kier molecular flexibility index (Phi) is 15.1. The highest BCUT2D eigenvalue weighted by Gasteiger charge is 2.42. The molecule has 0 radical (unpaired) electrons. The molecule has 0 saturated carbocycles. The van der Waals surface area contributed by atoms with Gasteiger partial charge in [0.1, 0.15) is 30.0 Å². The summed E-state index contributed by atoms with van der Waals surface area (Å²) in [6, 6.07) is 23.5. The van der Waals surface area contributed by atoms with Gasteiger partial charge in [0.15, 0.2) is 0 Å². The first kappa shape index (κ1) is 48.0. The van der Waals surface area contributed by atoms with Crippen molar-refractivity contribution in [1.29, 1.82) is 0 Å². The van der Waals surface area contributed by atoms with Crippen LogP contribution in [0.3, 0.4) is 0 Å². The number of ether oxygens (including phenoxy) is 4. The highest BCUT2D eigenvalue weighted by molar-refractivity contribution is 6.07. The number of rotatable bonds is 10. The number of methoxy groups -OCH3 is 3. The van der Waals surface area contributed by atoms with Gasteiger partial charge in [0.2, 0.25) is 11.8 Å². The van der Waals surface area contributed by atoms with Crippen molar-refractivity contribution >= 4 is 45.8 Å². The van der Waals surface area contributed by atoms with Gasteiger partial charge in [-0.05, 0) is 84.0 Å². The predicted molar refractivity (Wildman–Crippen MR) is 256 cm³/mol. The van der Waals surface area contributed by atoms with Gasteiger partial charge in [0, 0.05) is 36.6 Å². The van der Waals surface area contributed by atoms with Gasteiger partial charge in [-0.3, -0.25) is 9.59 Å². The zero-order valence-corrected chi connectivity index (χ0v) is 39.6. The maximum Gasteiger partial charge on any atom is 0.407 e. The molecule has 2 saturated heterocycles. The lowest BCUT2D eigenvalue weighted by Crippen LogP contribution is -2.52. The fourth-order valence-electron chi connectivity index (χ4n) is 9.45. The minimum absolute atomic E-state index is 0.0168. The lowest BCUT2D eigenvalue weighted by molar-refractivity contribution is -0.137. The molecule has 67 heavy (non-hydrogen) atoms. The number of fused-ring (bicyclic) bond motifs is 6. The number of aromatic nitrogens is 4. The molecular formula is C51H62N8O8. The van der Waals surface area contributed by atoms with Gasteiger partial charge in [-0.25, -0.2) is 19.6 Å². The summed E-state index contributed by atoms with van der Waals surface area (Å²) in [5.74, 6) is 2.34. The monoisotopic (exact) mass is 914 g/mol. The van der Waals surface area contributed by atoms with E-state index in [2.05, 4.69) is 62.2 Å². The summed E-state index contributed by atoms with van der Waals surface area (Å²) in [6.07, 6.45) is 3.20. The Morgan fingerprint density at radius 2 is 1.67 bits per heavy atom. The molecule has 4 aromatic carbocycles. The number of nitrogens with one attached hydrogen (secondary N) is 3. The van der Waals surface area contributed by atoms with Gasteiger partial charge >= 0.3 is 12.2 Å². The number of imidazole rings is 2.